The summed E-state index contributed by atoms with van der Waals surface area (Å²) < 4.78 is 5.68. The van der Waals surface area contributed by atoms with E-state index in [9.17, 15) is 0 Å². The topological polar surface area (TPSA) is 9.23 Å². The van der Waals surface area contributed by atoms with Gasteiger partial charge in [-0.1, -0.05) is 57.8 Å². The maximum atomic E-state index is 5.68. The lowest BCUT2D eigenvalue weighted by Gasteiger charge is -2.13. The van der Waals surface area contributed by atoms with Crippen molar-refractivity contribution >= 4 is 8.32 Å². The highest BCUT2D eigenvalue weighted by Gasteiger charge is 2.12. The quantitative estimate of drug-likeness (QED) is 0.294. The number of hydrogen-bond donors (Lipinski definition) is 0. The van der Waals surface area contributed by atoms with Crippen LogP contribution in [0.5, 0.6) is 0 Å². The molecule has 0 radical (unpaired) electrons. The molecule has 0 unspecified atom stereocenters. The van der Waals surface area contributed by atoms with Gasteiger partial charge in [0, 0.05) is 6.42 Å². The predicted molar refractivity (Wildman–Crippen MR) is 84.3 cm³/mol. The maximum absolute atomic E-state index is 5.68. The zero-order valence-corrected chi connectivity index (χ0v) is 14.0. The third kappa shape index (κ3) is 15.7. The summed E-state index contributed by atoms with van der Waals surface area (Å²) >= 11 is 0. The zero-order chi connectivity index (χ0) is 13.7. The summed E-state index contributed by atoms with van der Waals surface area (Å²) in [5, 5.41) is 0. The van der Waals surface area contributed by atoms with E-state index in [4.69, 9.17) is 4.43 Å². The van der Waals surface area contributed by atoms with Crippen LogP contribution in [0.4, 0.5) is 0 Å². The van der Waals surface area contributed by atoms with Gasteiger partial charge >= 0.3 is 0 Å². The molecule has 0 aromatic rings. The van der Waals surface area contributed by atoms with E-state index in [1.165, 1.54) is 51.4 Å². The van der Waals surface area contributed by atoms with Crippen LogP contribution in [0.3, 0.4) is 0 Å². The van der Waals surface area contributed by atoms with Gasteiger partial charge in [-0.15, -0.1) is 5.92 Å². The zero-order valence-electron chi connectivity index (χ0n) is 13.0. The fraction of sp³-hybridized carbons (Fsp3) is 0.875. The van der Waals surface area contributed by atoms with Gasteiger partial charge in [0.25, 0.3) is 0 Å². The molecule has 0 aliphatic rings. The molecule has 0 amide bonds. The molecule has 0 saturated carbocycles. The highest BCUT2D eigenvalue weighted by Crippen LogP contribution is 2.09. The van der Waals surface area contributed by atoms with E-state index in [2.05, 4.69) is 38.4 Å². The maximum Gasteiger partial charge on any atom is 0.185 e. The van der Waals surface area contributed by atoms with E-state index in [0.29, 0.717) is 6.61 Å². The number of hydrogen-bond acceptors (Lipinski definition) is 1. The Morgan fingerprint density at radius 3 is 1.89 bits per heavy atom. The number of rotatable bonds is 10. The molecule has 0 heterocycles. The third-order valence-corrected chi connectivity index (χ3v) is 3.87. The molecule has 0 aliphatic heterocycles. The second-order valence-electron chi connectivity index (χ2n) is 5.98. The van der Waals surface area contributed by atoms with Crippen LogP contribution in [0, 0.1) is 11.8 Å². The Labute approximate surface area is 116 Å². The van der Waals surface area contributed by atoms with Crippen LogP contribution in [0.15, 0.2) is 0 Å². The van der Waals surface area contributed by atoms with Crippen molar-refractivity contribution in [3.63, 3.8) is 0 Å². The lowest BCUT2D eigenvalue weighted by molar-refractivity contribution is 0.365. The molecule has 1 nitrogen and oxygen atoms in total. The molecule has 2 heteroatoms. The summed E-state index contributed by atoms with van der Waals surface area (Å²) in [5.41, 5.74) is 0. The molecule has 0 atom stereocenters. The van der Waals surface area contributed by atoms with Crippen molar-refractivity contribution in [2.75, 3.05) is 6.61 Å². The Morgan fingerprint density at radius 2 is 1.33 bits per heavy atom. The van der Waals surface area contributed by atoms with Crippen LogP contribution >= 0.6 is 0 Å². The van der Waals surface area contributed by atoms with Crippen molar-refractivity contribution in [2.24, 2.45) is 0 Å². The smallest absolute Gasteiger partial charge is 0.185 e. The Bertz CT molecular complexity index is 232. The minimum atomic E-state index is -1.36. The molecule has 0 rings (SSSR count). The molecule has 106 valence electrons. The van der Waals surface area contributed by atoms with Gasteiger partial charge < -0.3 is 4.43 Å². The van der Waals surface area contributed by atoms with Gasteiger partial charge in [-0.05, 0) is 26.1 Å². The van der Waals surface area contributed by atoms with E-state index in [-0.39, 0.29) is 0 Å². The average Bonchev–Trinajstić information content (AvgIpc) is 2.29. The fourth-order valence-corrected chi connectivity index (χ4v) is 2.24. The van der Waals surface area contributed by atoms with E-state index in [1.54, 1.807) is 0 Å². The molecule has 0 aliphatic carbocycles. The monoisotopic (exact) mass is 268 g/mol. The highest BCUT2D eigenvalue weighted by molar-refractivity contribution is 6.69. The van der Waals surface area contributed by atoms with Crippen molar-refractivity contribution in [3.05, 3.63) is 0 Å². The third-order valence-electron chi connectivity index (χ3n) is 2.86. The Morgan fingerprint density at radius 1 is 0.778 bits per heavy atom. The van der Waals surface area contributed by atoms with Gasteiger partial charge in [-0.25, -0.2) is 0 Å². The first-order chi connectivity index (χ1) is 8.56. The summed E-state index contributed by atoms with van der Waals surface area (Å²) in [6.07, 6.45) is 12.0. The van der Waals surface area contributed by atoms with Crippen LogP contribution in [0.2, 0.25) is 19.6 Å². The minimum absolute atomic E-state index is 0.632. The van der Waals surface area contributed by atoms with Crippen molar-refractivity contribution in [3.8, 4) is 11.8 Å². The van der Waals surface area contributed by atoms with Crippen molar-refractivity contribution in [2.45, 2.75) is 84.4 Å². The van der Waals surface area contributed by atoms with Gasteiger partial charge in [0.1, 0.15) is 0 Å². The van der Waals surface area contributed by atoms with Crippen molar-refractivity contribution < 1.29 is 4.43 Å². The van der Waals surface area contributed by atoms with Gasteiger partial charge in [0.15, 0.2) is 8.32 Å². The minimum Gasteiger partial charge on any atom is -0.407 e. The summed E-state index contributed by atoms with van der Waals surface area (Å²) in [4.78, 5) is 0. The van der Waals surface area contributed by atoms with Crippen LogP contribution in [-0.4, -0.2) is 14.9 Å². The van der Waals surface area contributed by atoms with Crippen molar-refractivity contribution in [1.82, 2.24) is 0 Å². The van der Waals surface area contributed by atoms with E-state index >= 15 is 0 Å². The van der Waals surface area contributed by atoms with Crippen LogP contribution in [0.25, 0.3) is 0 Å². The predicted octanol–water partition coefficient (Wildman–Crippen LogP) is 5.37. The van der Waals surface area contributed by atoms with Gasteiger partial charge in [0.05, 0.1) is 6.61 Å². The lowest BCUT2D eigenvalue weighted by atomic mass is 10.1. The Balaban J connectivity index is 3.18. The molecule has 18 heavy (non-hydrogen) atoms. The van der Waals surface area contributed by atoms with Crippen LogP contribution in [-0.2, 0) is 4.43 Å². The summed E-state index contributed by atoms with van der Waals surface area (Å²) in [6, 6.07) is 0. The van der Waals surface area contributed by atoms with E-state index < -0.39 is 8.32 Å². The van der Waals surface area contributed by atoms with E-state index in [1.807, 2.05) is 0 Å². The number of unbranched alkanes of at least 4 members (excludes halogenated alkanes) is 8. The molecule has 0 saturated heterocycles. The standard InChI is InChI=1S/C16H32OSi/c1-5-6-7-8-9-10-11-12-13-14-15-16-17-18(2,3)4/h5-13,16H2,1-4H3. The molecule has 0 spiro atoms. The van der Waals surface area contributed by atoms with Gasteiger partial charge in [0.2, 0.25) is 0 Å². The van der Waals surface area contributed by atoms with E-state index in [0.717, 1.165) is 6.42 Å². The SMILES string of the molecule is CCCCCCCCCCC#CCO[Si](C)(C)C. The molecule has 0 N–H and O–H groups in total. The molecule has 0 bridgehead atoms. The average molecular weight is 269 g/mol. The Hall–Kier alpha value is -0.263. The largest absolute Gasteiger partial charge is 0.407 e. The summed E-state index contributed by atoms with van der Waals surface area (Å²) in [5.74, 6) is 6.34. The highest BCUT2D eigenvalue weighted by atomic mass is 28.4. The summed E-state index contributed by atoms with van der Waals surface area (Å²) in [7, 11) is -1.36. The molecule has 0 aromatic carbocycles. The molecule has 0 fully saturated rings. The van der Waals surface area contributed by atoms with Crippen LogP contribution in [0.1, 0.15) is 64.7 Å². The van der Waals surface area contributed by atoms with Crippen molar-refractivity contribution in [1.29, 1.82) is 0 Å². The second-order valence-corrected chi connectivity index (χ2v) is 10.5. The fourth-order valence-electron chi connectivity index (χ4n) is 1.74. The molecule has 0 aromatic heterocycles. The first kappa shape index (κ1) is 17.7. The summed E-state index contributed by atoms with van der Waals surface area (Å²) in [6.45, 7) is 9.50. The van der Waals surface area contributed by atoms with Crippen LogP contribution < -0.4 is 0 Å². The molecular formula is C16H32OSi. The first-order valence-electron chi connectivity index (χ1n) is 7.66. The molecular weight excluding hydrogens is 236 g/mol. The van der Waals surface area contributed by atoms with Gasteiger partial charge in [-0.3, -0.25) is 0 Å². The first-order valence-corrected chi connectivity index (χ1v) is 11.1. The van der Waals surface area contributed by atoms with Gasteiger partial charge in [-0.2, -0.15) is 0 Å². The second kappa shape index (κ2) is 11.8. The Kier molecular flexibility index (Phi) is 11.6. The lowest BCUT2D eigenvalue weighted by Crippen LogP contribution is -2.25. The normalized spacial score (nSPS) is 11.1.